The summed E-state index contributed by atoms with van der Waals surface area (Å²) in [6.07, 6.45) is 3.75. The Hall–Kier alpha value is -1.91. The number of benzene rings is 1. The van der Waals surface area contributed by atoms with E-state index in [1.807, 2.05) is 28.9 Å². The lowest BCUT2D eigenvalue weighted by Gasteiger charge is -2.12. The Morgan fingerprint density at radius 1 is 1.28 bits per heavy atom. The van der Waals surface area contributed by atoms with Gasteiger partial charge in [-0.1, -0.05) is 6.92 Å². The molecule has 0 saturated heterocycles. The van der Waals surface area contributed by atoms with Gasteiger partial charge in [0.2, 0.25) is 0 Å². The molecule has 1 aliphatic rings. The van der Waals surface area contributed by atoms with E-state index >= 15 is 0 Å². The molecule has 1 aromatic carbocycles. The van der Waals surface area contributed by atoms with Gasteiger partial charge in [0.25, 0.3) is 0 Å². The number of anilines is 1. The number of aromatic nitrogens is 4. The van der Waals surface area contributed by atoms with Gasteiger partial charge in [0.15, 0.2) is 5.82 Å². The summed E-state index contributed by atoms with van der Waals surface area (Å²) >= 11 is 0. The van der Waals surface area contributed by atoms with Gasteiger partial charge in [-0.3, -0.25) is 0 Å². The molecule has 2 aromatic rings. The van der Waals surface area contributed by atoms with Crippen LogP contribution in [-0.4, -0.2) is 20.2 Å². The molecule has 0 atom stereocenters. The van der Waals surface area contributed by atoms with Crippen molar-refractivity contribution in [3.8, 4) is 11.4 Å². The van der Waals surface area contributed by atoms with Gasteiger partial charge >= 0.3 is 0 Å². The van der Waals surface area contributed by atoms with Crippen molar-refractivity contribution in [2.24, 2.45) is 5.41 Å². The summed E-state index contributed by atoms with van der Waals surface area (Å²) in [6.45, 7) is 3.15. The van der Waals surface area contributed by atoms with Crippen LogP contribution in [0.15, 0.2) is 24.3 Å². The molecule has 1 heterocycles. The van der Waals surface area contributed by atoms with Crippen LogP contribution in [0.25, 0.3) is 11.4 Å². The van der Waals surface area contributed by atoms with E-state index in [-0.39, 0.29) is 0 Å². The summed E-state index contributed by atoms with van der Waals surface area (Å²) in [4.78, 5) is 0. The molecule has 5 nitrogen and oxygen atoms in total. The standard InChI is InChI=1S/C13H17N5/c1-2-13(7-8-13)9-18-12(15-16-17-18)10-3-5-11(14)6-4-10/h3-6H,2,7-9,14H2,1H3. The van der Waals surface area contributed by atoms with Crippen molar-refractivity contribution in [1.29, 1.82) is 0 Å². The lowest BCUT2D eigenvalue weighted by molar-refractivity contribution is 0.382. The first-order valence-electron chi connectivity index (χ1n) is 6.34. The first kappa shape index (κ1) is 11.2. The Morgan fingerprint density at radius 2 is 2.00 bits per heavy atom. The largest absolute Gasteiger partial charge is 0.399 e. The molecule has 0 radical (unpaired) electrons. The highest BCUT2D eigenvalue weighted by Gasteiger charge is 2.41. The molecule has 0 aliphatic heterocycles. The highest BCUT2D eigenvalue weighted by molar-refractivity contribution is 5.58. The van der Waals surface area contributed by atoms with Crippen molar-refractivity contribution >= 4 is 5.69 Å². The molecule has 18 heavy (non-hydrogen) atoms. The van der Waals surface area contributed by atoms with Crippen LogP contribution < -0.4 is 5.73 Å². The fourth-order valence-electron chi connectivity index (χ4n) is 2.27. The topological polar surface area (TPSA) is 69.6 Å². The van der Waals surface area contributed by atoms with Crippen LogP contribution in [0.1, 0.15) is 26.2 Å². The number of hydrogen-bond donors (Lipinski definition) is 1. The molecule has 1 aliphatic carbocycles. The fourth-order valence-corrected chi connectivity index (χ4v) is 2.27. The Bertz CT molecular complexity index is 539. The van der Waals surface area contributed by atoms with Crippen LogP contribution in [0.4, 0.5) is 5.69 Å². The van der Waals surface area contributed by atoms with Crippen molar-refractivity contribution in [3.63, 3.8) is 0 Å². The zero-order valence-electron chi connectivity index (χ0n) is 10.5. The number of nitrogens with two attached hydrogens (primary N) is 1. The second kappa shape index (κ2) is 4.08. The zero-order valence-corrected chi connectivity index (χ0v) is 10.5. The van der Waals surface area contributed by atoms with E-state index in [4.69, 9.17) is 5.73 Å². The minimum atomic E-state index is 0.429. The molecule has 3 rings (SSSR count). The van der Waals surface area contributed by atoms with Crippen LogP contribution >= 0.6 is 0 Å². The number of hydrogen-bond acceptors (Lipinski definition) is 4. The maximum absolute atomic E-state index is 5.69. The third-order valence-corrected chi connectivity index (χ3v) is 3.89. The van der Waals surface area contributed by atoms with Gasteiger partial charge < -0.3 is 5.73 Å². The van der Waals surface area contributed by atoms with Gasteiger partial charge in [0.05, 0.1) is 6.54 Å². The van der Waals surface area contributed by atoms with E-state index in [1.54, 1.807) is 0 Å². The summed E-state index contributed by atoms with van der Waals surface area (Å²) in [5, 5.41) is 12.0. The summed E-state index contributed by atoms with van der Waals surface area (Å²) < 4.78 is 1.92. The molecule has 0 amide bonds. The van der Waals surface area contributed by atoms with E-state index in [0.717, 1.165) is 23.6 Å². The van der Waals surface area contributed by atoms with E-state index < -0.39 is 0 Å². The van der Waals surface area contributed by atoms with E-state index in [1.165, 1.54) is 19.3 Å². The average Bonchev–Trinajstić information content (AvgIpc) is 3.01. The van der Waals surface area contributed by atoms with Gasteiger partial charge in [-0.05, 0) is 59.4 Å². The van der Waals surface area contributed by atoms with Crippen LogP contribution in [-0.2, 0) is 6.54 Å². The minimum Gasteiger partial charge on any atom is -0.399 e. The molecule has 94 valence electrons. The van der Waals surface area contributed by atoms with Crippen LogP contribution in [0.5, 0.6) is 0 Å². The van der Waals surface area contributed by atoms with Crippen LogP contribution in [0, 0.1) is 5.41 Å². The van der Waals surface area contributed by atoms with E-state index in [2.05, 4.69) is 22.4 Å². The first-order valence-corrected chi connectivity index (χ1v) is 6.34. The number of nitrogen functional groups attached to an aromatic ring is 1. The van der Waals surface area contributed by atoms with Crippen molar-refractivity contribution < 1.29 is 0 Å². The molecule has 1 fully saturated rings. The molecular weight excluding hydrogens is 226 g/mol. The second-order valence-electron chi connectivity index (χ2n) is 5.14. The Morgan fingerprint density at radius 3 is 2.61 bits per heavy atom. The third kappa shape index (κ3) is 1.96. The second-order valence-corrected chi connectivity index (χ2v) is 5.14. The van der Waals surface area contributed by atoms with Crippen molar-refractivity contribution in [1.82, 2.24) is 20.2 Å². The Balaban J connectivity index is 1.89. The van der Waals surface area contributed by atoms with Gasteiger partial charge in [-0.25, -0.2) is 4.68 Å². The normalized spacial score (nSPS) is 16.7. The van der Waals surface area contributed by atoms with Crippen LogP contribution in [0.2, 0.25) is 0 Å². The van der Waals surface area contributed by atoms with Crippen LogP contribution in [0.3, 0.4) is 0 Å². The molecule has 0 spiro atoms. The fraction of sp³-hybridized carbons (Fsp3) is 0.462. The monoisotopic (exact) mass is 243 g/mol. The molecule has 1 aromatic heterocycles. The van der Waals surface area contributed by atoms with Gasteiger partial charge in [-0.2, -0.15) is 0 Å². The Labute approximate surface area is 106 Å². The average molecular weight is 243 g/mol. The molecular formula is C13H17N5. The lowest BCUT2D eigenvalue weighted by atomic mass is 10.0. The van der Waals surface area contributed by atoms with Crippen molar-refractivity contribution in [3.05, 3.63) is 24.3 Å². The maximum Gasteiger partial charge on any atom is 0.182 e. The summed E-state index contributed by atoms with van der Waals surface area (Å²) in [5.41, 5.74) is 7.89. The quantitative estimate of drug-likeness (QED) is 0.835. The minimum absolute atomic E-state index is 0.429. The third-order valence-electron chi connectivity index (χ3n) is 3.89. The highest BCUT2D eigenvalue weighted by Crippen LogP contribution is 2.50. The Kier molecular flexibility index (Phi) is 2.54. The maximum atomic E-state index is 5.69. The number of tetrazole rings is 1. The van der Waals surface area contributed by atoms with Gasteiger partial charge in [-0.15, -0.1) is 5.10 Å². The SMILES string of the molecule is CCC1(Cn2nnnc2-c2ccc(N)cc2)CC1. The van der Waals surface area contributed by atoms with Crippen molar-refractivity contribution in [2.45, 2.75) is 32.7 Å². The zero-order chi connectivity index (χ0) is 12.6. The molecule has 5 heteroatoms. The predicted molar refractivity (Wildman–Crippen MR) is 69.6 cm³/mol. The summed E-state index contributed by atoms with van der Waals surface area (Å²) in [7, 11) is 0. The number of rotatable bonds is 4. The predicted octanol–water partition coefficient (Wildman–Crippen LogP) is 2.11. The number of nitrogens with zero attached hydrogens (tertiary/aromatic N) is 4. The highest BCUT2D eigenvalue weighted by atomic mass is 15.5. The first-order chi connectivity index (χ1) is 8.72. The summed E-state index contributed by atoms with van der Waals surface area (Å²) in [5.74, 6) is 0.828. The van der Waals surface area contributed by atoms with Gasteiger partial charge in [0, 0.05) is 11.3 Å². The molecule has 0 bridgehead atoms. The molecule has 2 N–H and O–H groups in total. The molecule has 0 unspecified atom stereocenters. The van der Waals surface area contributed by atoms with Gasteiger partial charge in [0.1, 0.15) is 0 Å². The van der Waals surface area contributed by atoms with Crippen molar-refractivity contribution in [2.75, 3.05) is 5.73 Å². The smallest absolute Gasteiger partial charge is 0.182 e. The van der Waals surface area contributed by atoms with E-state index in [9.17, 15) is 0 Å². The van der Waals surface area contributed by atoms with E-state index in [0.29, 0.717) is 5.41 Å². The lowest BCUT2D eigenvalue weighted by Crippen LogP contribution is -2.13. The molecule has 1 saturated carbocycles. The summed E-state index contributed by atoms with van der Waals surface area (Å²) in [6, 6.07) is 7.67.